The Hall–Kier alpha value is -0.130. The molecule has 0 bridgehead atoms. The Morgan fingerprint density at radius 1 is 1.47 bits per heavy atom. The molecule has 6 nitrogen and oxygen atoms in total. The van der Waals surface area contributed by atoms with Gasteiger partial charge >= 0.3 is 13.6 Å². The van der Waals surface area contributed by atoms with Gasteiger partial charge in [-0.1, -0.05) is 0 Å². The third kappa shape index (κ3) is 4.95. The molecule has 90 valence electrons. The SMILES string of the molecule is Cl.O=C(O)C1NCCCC1CP(=O)(O)O. The van der Waals surface area contributed by atoms with Crippen molar-refractivity contribution >= 4 is 26.0 Å². The summed E-state index contributed by atoms with van der Waals surface area (Å²) < 4.78 is 10.7. The molecule has 2 unspecified atom stereocenters. The van der Waals surface area contributed by atoms with Gasteiger partial charge in [-0.25, -0.2) is 0 Å². The van der Waals surface area contributed by atoms with E-state index in [0.29, 0.717) is 13.0 Å². The number of piperidine rings is 1. The molecule has 4 N–H and O–H groups in total. The van der Waals surface area contributed by atoms with Crippen molar-refractivity contribution in [3.05, 3.63) is 0 Å². The van der Waals surface area contributed by atoms with E-state index in [1.54, 1.807) is 0 Å². The third-order valence-corrected chi connectivity index (χ3v) is 3.27. The monoisotopic (exact) mass is 259 g/mol. The Kier molecular flexibility index (Phi) is 5.77. The lowest BCUT2D eigenvalue weighted by atomic mass is 9.93. The summed E-state index contributed by atoms with van der Waals surface area (Å²) in [5, 5.41) is 11.5. The van der Waals surface area contributed by atoms with Gasteiger partial charge in [-0.2, -0.15) is 0 Å². The Bertz CT molecular complexity index is 268. The molecular weight excluding hydrogens is 245 g/mol. The predicted molar refractivity (Wildman–Crippen MR) is 56.3 cm³/mol. The fourth-order valence-corrected chi connectivity index (χ4v) is 2.75. The highest BCUT2D eigenvalue weighted by atomic mass is 35.5. The van der Waals surface area contributed by atoms with Crippen LogP contribution in [-0.4, -0.2) is 39.6 Å². The number of hydrogen-bond donors (Lipinski definition) is 4. The summed E-state index contributed by atoms with van der Waals surface area (Å²) in [6.45, 7) is 0.592. The molecule has 0 aromatic rings. The summed E-state index contributed by atoms with van der Waals surface area (Å²) in [4.78, 5) is 28.3. The number of rotatable bonds is 3. The van der Waals surface area contributed by atoms with Crippen LogP contribution in [0.2, 0.25) is 0 Å². The van der Waals surface area contributed by atoms with Crippen molar-refractivity contribution in [3.8, 4) is 0 Å². The van der Waals surface area contributed by atoms with Crippen LogP contribution in [0.1, 0.15) is 12.8 Å². The first-order valence-corrected chi connectivity index (χ1v) is 6.20. The fraction of sp³-hybridized carbons (Fsp3) is 0.857. The second-order valence-electron chi connectivity index (χ2n) is 3.52. The van der Waals surface area contributed by atoms with Crippen LogP contribution in [-0.2, 0) is 9.36 Å². The van der Waals surface area contributed by atoms with Gasteiger partial charge in [0.15, 0.2) is 0 Å². The predicted octanol–water partition coefficient (Wildman–Crippen LogP) is 0.0387. The number of halogens is 1. The Labute approximate surface area is 93.6 Å². The Balaban J connectivity index is 0.00000196. The van der Waals surface area contributed by atoms with E-state index in [4.69, 9.17) is 14.9 Å². The molecule has 1 heterocycles. The average Bonchev–Trinajstić information content (AvgIpc) is 2.01. The lowest BCUT2D eigenvalue weighted by molar-refractivity contribution is -0.141. The summed E-state index contributed by atoms with van der Waals surface area (Å²) in [7, 11) is -4.11. The van der Waals surface area contributed by atoms with Crippen LogP contribution in [0.3, 0.4) is 0 Å². The summed E-state index contributed by atoms with van der Waals surface area (Å²) in [6, 6.07) is -0.823. The van der Waals surface area contributed by atoms with Crippen LogP contribution >= 0.6 is 20.0 Å². The second-order valence-corrected chi connectivity index (χ2v) is 5.21. The Morgan fingerprint density at radius 3 is 2.53 bits per heavy atom. The van der Waals surface area contributed by atoms with Crippen LogP contribution in [0, 0.1) is 5.92 Å². The molecule has 2 atom stereocenters. The van der Waals surface area contributed by atoms with Gasteiger partial charge in [-0.15, -0.1) is 12.4 Å². The van der Waals surface area contributed by atoms with Crippen molar-refractivity contribution in [1.29, 1.82) is 0 Å². The molecule has 0 radical (unpaired) electrons. The van der Waals surface area contributed by atoms with Gasteiger partial charge in [0.05, 0.1) is 6.16 Å². The van der Waals surface area contributed by atoms with Gasteiger partial charge in [0.2, 0.25) is 0 Å². The van der Waals surface area contributed by atoms with Crippen LogP contribution in [0.4, 0.5) is 0 Å². The maximum atomic E-state index is 10.7. The molecule has 0 aromatic carbocycles. The molecule has 0 aromatic heterocycles. The zero-order valence-corrected chi connectivity index (χ0v) is 9.71. The third-order valence-electron chi connectivity index (χ3n) is 2.33. The number of carboxylic acids is 1. The molecule has 0 saturated carbocycles. The first kappa shape index (κ1) is 14.9. The quantitative estimate of drug-likeness (QED) is 0.533. The first-order chi connectivity index (χ1) is 6.40. The standard InChI is InChI=1S/C7H14NO5P.ClH/c9-7(10)6-5(2-1-3-8-6)4-14(11,12)13;/h5-6,8H,1-4H2,(H,9,10)(H2,11,12,13);1H. The lowest BCUT2D eigenvalue weighted by Crippen LogP contribution is -2.48. The summed E-state index contributed by atoms with van der Waals surface area (Å²) >= 11 is 0. The minimum atomic E-state index is -4.11. The van der Waals surface area contributed by atoms with E-state index < -0.39 is 25.5 Å². The van der Waals surface area contributed by atoms with E-state index in [0.717, 1.165) is 6.42 Å². The molecule has 1 aliphatic rings. The Morgan fingerprint density at radius 2 is 2.07 bits per heavy atom. The number of aliphatic carboxylic acids is 1. The van der Waals surface area contributed by atoms with Crippen molar-refractivity contribution in [2.45, 2.75) is 18.9 Å². The average molecular weight is 260 g/mol. The van der Waals surface area contributed by atoms with Gasteiger partial charge in [-0.05, 0) is 25.3 Å². The van der Waals surface area contributed by atoms with E-state index in [1.807, 2.05) is 0 Å². The molecule has 0 amide bonds. The van der Waals surface area contributed by atoms with Crippen molar-refractivity contribution in [3.63, 3.8) is 0 Å². The largest absolute Gasteiger partial charge is 0.480 e. The smallest absolute Gasteiger partial charge is 0.325 e. The van der Waals surface area contributed by atoms with Crippen LogP contribution in [0.5, 0.6) is 0 Å². The van der Waals surface area contributed by atoms with Crippen molar-refractivity contribution < 1.29 is 24.3 Å². The minimum absolute atomic E-state index is 0. The molecule has 1 aliphatic heterocycles. The topological polar surface area (TPSA) is 107 Å². The van der Waals surface area contributed by atoms with E-state index >= 15 is 0 Å². The summed E-state index contributed by atoms with van der Waals surface area (Å²) in [6.07, 6.45) is 0.959. The number of hydrogen-bond acceptors (Lipinski definition) is 3. The van der Waals surface area contributed by atoms with E-state index in [1.165, 1.54) is 0 Å². The molecule has 0 spiro atoms. The van der Waals surface area contributed by atoms with Crippen molar-refractivity contribution in [2.24, 2.45) is 5.92 Å². The van der Waals surface area contributed by atoms with Crippen LogP contribution in [0.25, 0.3) is 0 Å². The van der Waals surface area contributed by atoms with E-state index in [9.17, 15) is 9.36 Å². The van der Waals surface area contributed by atoms with Gasteiger partial charge < -0.3 is 20.2 Å². The highest BCUT2D eigenvalue weighted by molar-refractivity contribution is 7.51. The van der Waals surface area contributed by atoms with E-state index in [-0.39, 0.29) is 18.6 Å². The molecule has 1 saturated heterocycles. The van der Waals surface area contributed by atoms with E-state index in [2.05, 4.69) is 5.32 Å². The van der Waals surface area contributed by atoms with Crippen molar-refractivity contribution in [1.82, 2.24) is 5.32 Å². The number of nitrogens with one attached hydrogen (secondary N) is 1. The summed E-state index contributed by atoms with van der Waals surface area (Å²) in [5.41, 5.74) is 0. The molecule has 1 fully saturated rings. The summed E-state index contributed by atoms with van der Waals surface area (Å²) in [5.74, 6) is -1.51. The van der Waals surface area contributed by atoms with Gasteiger partial charge in [0.25, 0.3) is 0 Å². The first-order valence-electron chi connectivity index (χ1n) is 4.41. The molecule has 0 aliphatic carbocycles. The molecule has 15 heavy (non-hydrogen) atoms. The van der Waals surface area contributed by atoms with Gasteiger partial charge in [0, 0.05) is 0 Å². The molecular formula is C7H15ClNO5P. The zero-order valence-electron chi connectivity index (χ0n) is 8.00. The molecule has 1 rings (SSSR count). The highest BCUT2D eigenvalue weighted by Gasteiger charge is 2.34. The molecule has 8 heteroatoms. The van der Waals surface area contributed by atoms with Crippen LogP contribution < -0.4 is 5.32 Å². The normalized spacial score (nSPS) is 26.8. The van der Waals surface area contributed by atoms with Crippen molar-refractivity contribution in [2.75, 3.05) is 12.7 Å². The zero-order chi connectivity index (χ0) is 10.8. The van der Waals surface area contributed by atoms with Gasteiger partial charge in [-0.3, -0.25) is 9.36 Å². The lowest BCUT2D eigenvalue weighted by Gasteiger charge is -2.29. The fourth-order valence-electron chi connectivity index (χ4n) is 1.75. The minimum Gasteiger partial charge on any atom is -0.480 e. The maximum Gasteiger partial charge on any atom is 0.325 e. The highest BCUT2D eigenvalue weighted by Crippen LogP contribution is 2.39. The van der Waals surface area contributed by atoms with Crippen LogP contribution in [0.15, 0.2) is 0 Å². The van der Waals surface area contributed by atoms with Gasteiger partial charge in [0.1, 0.15) is 6.04 Å². The number of carbonyl (C=O) groups is 1. The number of carboxylic acid groups (broad SMARTS) is 1. The second kappa shape index (κ2) is 5.82. The maximum absolute atomic E-state index is 10.7.